The van der Waals surface area contributed by atoms with Gasteiger partial charge < -0.3 is 10.1 Å². The molecule has 5 heteroatoms. The monoisotopic (exact) mass is 309 g/mol. The first-order valence-corrected chi connectivity index (χ1v) is 6.85. The largest absolute Gasteiger partial charge is 0.462 e. The maximum Gasteiger partial charge on any atom is 0.340 e. The Bertz CT molecular complexity index is 629. The number of hydrogen-bond acceptors (Lipinski definition) is 3. The Hall–Kier alpha value is -1.71. The van der Waals surface area contributed by atoms with Crippen molar-refractivity contribution < 1.29 is 9.53 Å². The van der Waals surface area contributed by atoms with Gasteiger partial charge in [-0.15, -0.1) is 0 Å². The molecule has 0 unspecified atom stereocenters. The summed E-state index contributed by atoms with van der Waals surface area (Å²) in [6, 6.07) is 12.2. The molecule has 0 spiro atoms. The van der Waals surface area contributed by atoms with E-state index in [-0.39, 0.29) is 0 Å². The number of anilines is 2. The van der Waals surface area contributed by atoms with E-state index >= 15 is 0 Å². The third-order valence-corrected chi connectivity index (χ3v) is 3.05. The molecule has 0 saturated heterocycles. The Morgan fingerprint density at radius 1 is 1.15 bits per heavy atom. The van der Waals surface area contributed by atoms with Crippen molar-refractivity contribution in [1.82, 2.24) is 0 Å². The molecule has 0 amide bonds. The molecule has 20 heavy (non-hydrogen) atoms. The van der Waals surface area contributed by atoms with Crippen molar-refractivity contribution in [2.75, 3.05) is 11.9 Å². The molecule has 0 radical (unpaired) electrons. The third kappa shape index (κ3) is 3.65. The molecule has 2 aromatic carbocycles. The van der Waals surface area contributed by atoms with E-state index in [1.54, 1.807) is 37.3 Å². The first kappa shape index (κ1) is 14.7. The van der Waals surface area contributed by atoms with Crippen molar-refractivity contribution in [2.45, 2.75) is 6.92 Å². The first-order valence-electron chi connectivity index (χ1n) is 6.09. The molecule has 0 saturated carbocycles. The lowest BCUT2D eigenvalue weighted by molar-refractivity contribution is 0.0527. The number of halogens is 2. The zero-order chi connectivity index (χ0) is 14.5. The maximum atomic E-state index is 11.9. The Morgan fingerprint density at radius 2 is 1.90 bits per heavy atom. The van der Waals surface area contributed by atoms with Crippen LogP contribution in [-0.4, -0.2) is 12.6 Å². The van der Waals surface area contributed by atoms with Crippen molar-refractivity contribution in [2.24, 2.45) is 0 Å². The summed E-state index contributed by atoms with van der Waals surface area (Å²) in [6.07, 6.45) is 0. The summed E-state index contributed by atoms with van der Waals surface area (Å²) in [5.41, 5.74) is 1.79. The maximum absolute atomic E-state index is 11.9. The Labute approximate surface area is 127 Å². The van der Waals surface area contributed by atoms with Gasteiger partial charge in [-0.3, -0.25) is 0 Å². The van der Waals surface area contributed by atoms with Crippen LogP contribution in [0.3, 0.4) is 0 Å². The van der Waals surface area contributed by atoms with Gasteiger partial charge in [-0.05, 0) is 43.3 Å². The summed E-state index contributed by atoms with van der Waals surface area (Å²) in [5, 5.41) is 4.23. The molecule has 0 heterocycles. The normalized spacial score (nSPS) is 10.2. The van der Waals surface area contributed by atoms with Crippen LogP contribution in [0.5, 0.6) is 0 Å². The number of nitrogens with one attached hydrogen (secondary N) is 1. The number of carbonyl (C=O) groups excluding carboxylic acids is 1. The second-order valence-electron chi connectivity index (χ2n) is 4.05. The summed E-state index contributed by atoms with van der Waals surface area (Å²) >= 11 is 11.9. The van der Waals surface area contributed by atoms with E-state index in [1.165, 1.54) is 0 Å². The van der Waals surface area contributed by atoms with Crippen LogP contribution in [0.2, 0.25) is 10.0 Å². The predicted molar refractivity (Wildman–Crippen MR) is 82.1 cm³/mol. The molecule has 0 aliphatic carbocycles. The van der Waals surface area contributed by atoms with Gasteiger partial charge in [0.1, 0.15) is 0 Å². The molecular weight excluding hydrogens is 297 g/mol. The van der Waals surface area contributed by atoms with Gasteiger partial charge in [-0.2, -0.15) is 0 Å². The van der Waals surface area contributed by atoms with Gasteiger partial charge in [0, 0.05) is 15.7 Å². The lowest BCUT2D eigenvalue weighted by Crippen LogP contribution is -2.08. The lowest BCUT2D eigenvalue weighted by Gasteiger charge is -2.12. The van der Waals surface area contributed by atoms with E-state index in [0.29, 0.717) is 27.9 Å². The van der Waals surface area contributed by atoms with Crippen LogP contribution >= 0.6 is 23.2 Å². The highest BCUT2D eigenvalue weighted by Gasteiger charge is 2.13. The van der Waals surface area contributed by atoms with Gasteiger partial charge in [0.05, 0.1) is 17.9 Å². The van der Waals surface area contributed by atoms with Crippen LogP contribution in [0.4, 0.5) is 11.4 Å². The van der Waals surface area contributed by atoms with Crippen molar-refractivity contribution in [3.05, 3.63) is 58.1 Å². The number of esters is 1. The fourth-order valence-electron chi connectivity index (χ4n) is 1.72. The minimum atomic E-state index is -0.417. The van der Waals surface area contributed by atoms with E-state index in [4.69, 9.17) is 27.9 Å². The van der Waals surface area contributed by atoms with Gasteiger partial charge >= 0.3 is 5.97 Å². The number of ether oxygens (including phenoxy) is 1. The molecule has 104 valence electrons. The number of hydrogen-bond donors (Lipinski definition) is 1. The van der Waals surface area contributed by atoms with Crippen molar-refractivity contribution in [3.63, 3.8) is 0 Å². The molecule has 0 bridgehead atoms. The molecule has 2 rings (SSSR count). The minimum absolute atomic E-state index is 0.307. The van der Waals surface area contributed by atoms with Gasteiger partial charge in [-0.1, -0.05) is 29.3 Å². The standard InChI is InChI=1S/C15H13Cl2NO2/c1-2-20-15(19)13-9-11(17)6-7-14(13)18-12-5-3-4-10(16)8-12/h3-9,18H,2H2,1H3. The third-order valence-electron chi connectivity index (χ3n) is 2.58. The number of benzene rings is 2. The molecule has 0 atom stereocenters. The Kier molecular flexibility index (Phi) is 4.88. The average molecular weight is 310 g/mol. The second kappa shape index (κ2) is 6.64. The predicted octanol–water partition coefficient (Wildman–Crippen LogP) is 4.91. The molecule has 1 N–H and O–H groups in total. The number of rotatable bonds is 4. The fraction of sp³-hybridized carbons (Fsp3) is 0.133. The summed E-state index contributed by atoms with van der Waals surface area (Å²) in [5.74, 6) is -0.417. The van der Waals surface area contributed by atoms with Crippen LogP contribution < -0.4 is 5.32 Å². The van der Waals surface area contributed by atoms with Crippen molar-refractivity contribution in [3.8, 4) is 0 Å². The van der Waals surface area contributed by atoms with Gasteiger partial charge in [0.15, 0.2) is 0 Å². The van der Waals surface area contributed by atoms with E-state index in [1.807, 2.05) is 12.1 Å². The minimum Gasteiger partial charge on any atom is -0.462 e. The topological polar surface area (TPSA) is 38.3 Å². The summed E-state index contributed by atoms with van der Waals surface area (Å²) in [7, 11) is 0. The highest BCUT2D eigenvalue weighted by atomic mass is 35.5. The molecule has 0 aliphatic rings. The van der Waals surface area contributed by atoms with Crippen LogP contribution in [0, 0.1) is 0 Å². The molecular formula is C15H13Cl2NO2. The molecule has 2 aromatic rings. The zero-order valence-electron chi connectivity index (χ0n) is 10.8. The van der Waals surface area contributed by atoms with Crippen LogP contribution in [-0.2, 0) is 4.74 Å². The quantitative estimate of drug-likeness (QED) is 0.815. The van der Waals surface area contributed by atoms with E-state index in [2.05, 4.69) is 5.32 Å². The molecule has 3 nitrogen and oxygen atoms in total. The van der Waals surface area contributed by atoms with Crippen LogP contribution in [0.25, 0.3) is 0 Å². The van der Waals surface area contributed by atoms with Gasteiger partial charge in [0.25, 0.3) is 0 Å². The number of carbonyl (C=O) groups is 1. The second-order valence-corrected chi connectivity index (χ2v) is 4.92. The lowest BCUT2D eigenvalue weighted by atomic mass is 10.1. The summed E-state index contributed by atoms with van der Waals surface area (Å²) in [4.78, 5) is 11.9. The van der Waals surface area contributed by atoms with Gasteiger partial charge in [-0.25, -0.2) is 4.79 Å². The SMILES string of the molecule is CCOC(=O)c1cc(Cl)ccc1Nc1cccc(Cl)c1. The van der Waals surface area contributed by atoms with Crippen LogP contribution in [0.15, 0.2) is 42.5 Å². The molecule has 0 aromatic heterocycles. The fourth-order valence-corrected chi connectivity index (χ4v) is 2.09. The smallest absolute Gasteiger partial charge is 0.340 e. The molecule has 0 fully saturated rings. The summed E-state index contributed by atoms with van der Waals surface area (Å²) in [6.45, 7) is 2.06. The molecule has 0 aliphatic heterocycles. The van der Waals surface area contributed by atoms with Crippen molar-refractivity contribution >= 4 is 40.5 Å². The first-order chi connectivity index (χ1) is 9.60. The highest BCUT2D eigenvalue weighted by Crippen LogP contribution is 2.26. The van der Waals surface area contributed by atoms with Gasteiger partial charge in [0.2, 0.25) is 0 Å². The highest BCUT2D eigenvalue weighted by molar-refractivity contribution is 6.31. The van der Waals surface area contributed by atoms with E-state index in [0.717, 1.165) is 5.69 Å². The Morgan fingerprint density at radius 3 is 2.60 bits per heavy atom. The van der Waals surface area contributed by atoms with E-state index in [9.17, 15) is 4.79 Å². The van der Waals surface area contributed by atoms with Crippen LogP contribution in [0.1, 0.15) is 17.3 Å². The Balaban J connectivity index is 2.33. The average Bonchev–Trinajstić information content (AvgIpc) is 2.41. The van der Waals surface area contributed by atoms with E-state index < -0.39 is 5.97 Å². The zero-order valence-corrected chi connectivity index (χ0v) is 12.3. The van der Waals surface area contributed by atoms with Crippen molar-refractivity contribution in [1.29, 1.82) is 0 Å². The summed E-state index contributed by atoms with van der Waals surface area (Å²) < 4.78 is 5.02.